The van der Waals surface area contributed by atoms with Gasteiger partial charge in [0.1, 0.15) is 18.1 Å². The fourth-order valence-corrected chi connectivity index (χ4v) is 1.79. The number of Topliss-reactive ketones (excluding diaryl/α,β-unsaturated/α-hetero) is 1. The van der Waals surface area contributed by atoms with Crippen molar-refractivity contribution in [2.75, 3.05) is 20.3 Å². The molecule has 7 heteroatoms. The molecular weight excluding hydrogens is 316 g/mol. The molecule has 1 aromatic carbocycles. The van der Waals surface area contributed by atoms with Crippen LogP contribution in [0.1, 0.15) is 30.6 Å². The summed E-state index contributed by atoms with van der Waals surface area (Å²) >= 11 is 0. The van der Waals surface area contributed by atoms with Crippen molar-refractivity contribution in [1.29, 1.82) is 0 Å². The number of methoxy groups -OCH3 is 1. The normalized spacial score (nSPS) is 11.3. The van der Waals surface area contributed by atoms with E-state index in [1.54, 1.807) is 6.92 Å². The van der Waals surface area contributed by atoms with E-state index in [0.717, 1.165) is 0 Å². The number of aliphatic hydroxyl groups excluding tert-OH is 1. The average Bonchev–Trinajstić information content (AvgIpc) is 2.57. The first-order valence-corrected chi connectivity index (χ1v) is 7.27. The number of esters is 2. The molecule has 0 spiro atoms. The predicted octanol–water partition coefficient (Wildman–Crippen LogP) is 2.21. The van der Waals surface area contributed by atoms with E-state index in [4.69, 9.17) is 9.47 Å². The van der Waals surface area contributed by atoms with Gasteiger partial charge in [-0.25, -0.2) is 4.79 Å². The summed E-state index contributed by atoms with van der Waals surface area (Å²) in [5.41, 5.74) is 0.309. The van der Waals surface area contributed by atoms with Crippen molar-refractivity contribution in [2.24, 2.45) is 0 Å². The molecule has 0 heterocycles. The van der Waals surface area contributed by atoms with Gasteiger partial charge in [-0.1, -0.05) is 0 Å². The average molecular weight is 336 g/mol. The van der Waals surface area contributed by atoms with Crippen molar-refractivity contribution in [2.45, 2.75) is 20.3 Å². The Labute approximate surface area is 139 Å². The Bertz CT molecular complexity index is 629. The lowest BCUT2D eigenvalue weighted by Crippen LogP contribution is -2.13. The second kappa shape index (κ2) is 9.34. The number of hydrogen-bond acceptors (Lipinski definition) is 7. The first-order chi connectivity index (χ1) is 11.4. The van der Waals surface area contributed by atoms with Gasteiger partial charge in [-0.15, -0.1) is 0 Å². The molecule has 0 bridgehead atoms. The number of ketones is 1. The minimum atomic E-state index is -0.634. The van der Waals surface area contributed by atoms with E-state index in [0.29, 0.717) is 11.3 Å². The smallest absolute Gasteiger partial charge is 0.338 e. The molecule has 0 radical (unpaired) electrons. The number of aliphatic hydroxyl groups is 1. The van der Waals surface area contributed by atoms with Crippen molar-refractivity contribution in [1.82, 2.24) is 0 Å². The van der Waals surface area contributed by atoms with Crippen LogP contribution in [0.25, 0.3) is 0 Å². The largest absolute Gasteiger partial charge is 0.508 e. The monoisotopic (exact) mass is 336 g/mol. The van der Waals surface area contributed by atoms with Gasteiger partial charge in [0.2, 0.25) is 0 Å². The lowest BCUT2D eigenvalue weighted by atomic mass is 10.1. The summed E-state index contributed by atoms with van der Waals surface area (Å²) in [6.07, 6.45) is -0.331. The van der Waals surface area contributed by atoms with Crippen LogP contribution in [-0.4, -0.2) is 43.2 Å². The summed E-state index contributed by atoms with van der Waals surface area (Å²) in [4.78, 5) is 34.3. The van der Waals surface area contributed by atoms with Crippen molar-refractivity contribution in [3.05, 3.63) is 41.2 Å². The van der Waals surface area contributed by atoms with Crippen molar-refractivity contribution < 1.29 is 33.7 Å². The highest BCUT2D eigenvalue weighted by Gasteiger charge is 2.16. The van der Waals surface area contributed by atoms with Crippen LogP contribution in [0.4, 0.5) is 0 Å². The van der Waals surface area contributed by atoms with Crippen molar-refractivity contribution in [3.8, 4) is 5.75 Å². The first kappa shape index (κ1) is 19.2. The summed E-state index contributed by atoms with van der Waals surface area (Å²) in [7, 11) is 1.19. The Kier molecular flexibility index (Phi) is 7.48. The molecule has 0 saturated carbocycles. The molecule has 130 valence electrons. The maximum absolute atomic E-state index is 11.5. The Morgan fingerprint density at radius 3 is 2.25 bits per heavy atom. The Morgan fingerprint density at radius 1 is 1.12 bits per heavy atom. The maximum Gasteiger partial charge on any atom is 0.338 e. The van der Waals surface area contributed by atoms with Crippen LogP contribution < -0.4 is 4.74 Å². The van der Waals surface area contributed by atoms with E-state index in [1.165, 1.54) is 38.3 Å². The predicted molar refractivity (Wildman–Crippen MR) is 84.9 cm³/mol. The zero-order valence-electron chi connectivity index (χ0n) is 13.8. The molecule has 0 fully saturated rings. The molecule has 0 aliphatic rings. The third kappa shape index (κ3) is 5.75. The van der Waals surface area contributed by atoms with Crippen LogP contribution in [0.5, 0.6) is 5.75 Å². The summed E-state index contributed by atoms with van der Waals surface area (Å²) in [6, 6.07) is 6.11. The van der Waals surface area contributed by atoms with Gasteiger partial charge in [0.25, 0.3) is 0 Å². The van der Waals surface area contributed by atoms with Crippen LogP contribution in [0.15, 0.2) is 35.6 Å². The van der Waals surface area contributed by atoms with E-state index in [-0.39, 0.29) is 31.0 Å². The van der Waals surface area contributed by atoms with E-state index in [1.807, 2.05) is 0 Å². The van der Waals surface area contributed by atoms with Gasteiger partial charge in [0.05, 0.1) is 25.7 Å². The third-order valence-electron chi connectivity index (χ3n) is 3.06. The summed E-state index contributed by atoms with van der Waals surface area (Å²) < 4.78 is 14.7. The quantitative estimate of drug-likeness (QED) is 0.441. The SMILES string of the molecule is CCOC(=O)c1ccc(OC/C(O)=C(\CC(=O)OC)C(C)=O)cc1. The second-order valence-corrected chi connectivity index (χ2v) is 4.77. The molecule has 0 amide bonds. The maximum atomic E-state index is 11.5. The minimum Gasteiger partial charge on any atom is -0.508 e. The number of benzene rings is 1. The number of hydrogen-bond donors (Lipinski definition) is 1. The van der Waals surface area contributed by atoms with Gasteiger partial charge < -0.3 is 19.3 Å². The molecule has 7 nitrogen and oxygen atoms in total. The van der Waals surface area contributed by atoms with Crippen LogP contribution >= 0.6 is 0 Å². The van der Waals surface area contributed by atoms with Gasteiger partial charge in [0.15, 0.2) is 5.78 Å². The fourth-order valence-electron chi connectivity index (χ4n) is 1.79. The molecular formula is C17H20O7. The Balaban J connectivity index is 2.75. The molecule has 0 aliphatic heterocycles. The molecule has 1 aromatic rings. The molecule has 24 heavy (non-hydrogen) atoms. The fraction of sp³-hybridized carbons (Fsp3) is 0.353. The highest BCUT2D eigenvalue weighted by atomic mass is 16.5. The number of rotatable bonds is 8. The van der Waals surface area contributed by atoms with Gasteiger partial charge in [-0.05, 0) is 38.1 Å². The summed E-state index contributed by atoms with van der Waals surface area (Å²) in [5.74, 6) is -1.48. The molecule has 1 rings (SSSR count). The van der Waals surface area contributed by atoms with Crippen LogP contribution in [0.2, 0.25) is 0 Å². The van der Waals surface area contributed by atoms with Gasteiger partial charge in [0, 0.05) is 5.57 Å². The summed E-state index contributed by atoms with van der Waals surface area (Å²) in [5, 5.41) is 9.95. The van der Waals surface area contributed by atoms with E-state index in [2.05, 4.69) is 4.74 Å². The molecule has 1 N–H and O–H groups in total. The van der Waals surface area contributed by atoms with E-state index < -0.39 is 17.7 Å². The van der Waals surface area contributed by atoms with Crippen LogP contribution in [-0.2, 0) is 19.1 Å². The zero-order valence-corrected chi connectivity index (χ0v) is 13.8. The van der Waals surface area contributed by atoms with Gasteiger partial charge >= 0.3 is 11.9 Å². The Hall–Kier alpha value is -2.83. The van der Waals surface area contributed by atoms with E-state index >= 15 is 0 Å². The van der Waals surface area contributed by atoms with Gasteiger partial charge in [-0.2, -0.15) is 0 Å². The highest BCUT2D eigenvalue weighted by Crippen LogP contribution is 2.16. The molecule has 0 unspecified atom stereocenters. The van der Waals surface area contributed by atoms with Gasteiger partial charge in [-0.3, -0.25) is 9.59 Å². The zero-order chi connectivity index (χ0) is 18.1. The number of carbonyl (C=O) groups is 3. The molecule has 0 aromatic heterocycles. The van der Waals surface area contributed by atoms with Crippen molar-refractivity contribution in [3.63, 3.8) is 0 Å². The molecule has 0 saturated heterocycles. The molecule has 0 atom stereocenters. The van der Waals surface area contributed by atoms with Crippen LogP contribution in [0.3, 0.4) is 0 Å². The topological polar surface area (TPSA) is 99.1 Å². The lowest BCUT2D eigenvalue weighted by molar-refractivity contribution is -0.140. The summed E-state index contributed by atoms with van der Waals surface area (Å²) in [6.45, 7) is 2.95. The Morgan fingerprint density at radius 2 is 1.75 bits per heavy atom. The first-order valence-electron chi connectivity index (χ1n) is 7.27. The highest BCUT2D eigenvalue weighted by molar-refractivity contribution is 5.98. The lowest BCUT2D eigenvalue weighted by Gasteiger charge is -2.10. The number of ether oxygens (including phenoxy) is 3. The molecule has 0 aliphatic carbocycles. The van der Waals surface area contributed by atoms with Crippen molar-refractivity contribution >= 4 is 17.7 Å². The second-order valence-electron chi connectivity index (χ2n) is 4.77. The van der Waals surface area contributed by atoms with Crippen LogP contribution in [0, 0.1) is 0 Å². The van der Waals surface area contributed by atoms with E-state index in [9.17, 15) is 19.5 Å². The number of carbonyl (C=O) groups excluding carboxylic acids is 3. The third-order valence-corrected chi connectivity index (χ3v) is 3.06. The standard InChI is InChI=1S/C17H20O7/c1-4-23-17(21)12-5-7-13(8-6-12)24-10-15(19)14(11(2)18)9-16(20)22-3/h5-8,19H,4,9-10H2,1-3H3/b15-14-. The minimum absolute atomic E-state index is 0.0648.